The van der Waals surface area contributed by atoms with Gasteiger partial charge in [0.25, 0.3) is 6.47 Å². The lowest BCUT2D eigenvalue weighted by molar-refractivity contribution is -0.467. The summed E-state index contributed by atoms with van der Waals surface area (Å²) in [4.78, 5) is 9.45. The third kappa shape index (κ3) is 2.94. The van der Waals surface area contributed by atoms with Crippen molar-refractivity contribution < 1.29 is 75.4 Å². The number of halogens is 15. The van der Waals surface area contributed by atoms with Crippen molar-refractivity contribution in [3.63, 3.8) is 0 Å². The van der Waals surface area contributed by atoms with Gasteiger partial charge in [0.1, 0.15) is 0 Å². The molecule has 0 unspecified atom stereocenters. The standard InChI is InChI=1S/C8HF15O2/c9-2(10,3(11,12)5(15,16)7(19,20)21)4(13,14)6(17,18)8(22,23)25-1-24/h1H. The first kappa shape index (κ1) is 23.4. The van der Waals surface area contributed by atoms with Gasteiger partial charge in [-0.15, -0.1) is 0 Å². The minimum absolute atomic E-state index is 1.73. The van der Waals surface area contributed by atoms with E-state index in [1.54, 1.807) is 0 Å². The Kier molecular flexibility index (Phi) is 5.36. The Morgan fingerprint density at radius 3 is 1.04 bits per heavy atom. The molecule has 0 amide bonds. The highest BCUT2D eigenvalue weighted by Crippen LogP contribution is 2.62. The second-order valence-electron chi connectivity index (χ2n) is 4.10. The van der Waals surface area contributed by atoms with E-state index in [1.807, 2.05) is 4.74 Å². The van der Waals surface area contributed by atoms with E-state index in [-0.39, 0.29) is 0 Å². The molecular formula is C8HF15O2. The Morgan fingerprint density at radius 2 is 0.760 bits per heavy atom. The second kappa shape index (κ2) is 5.72. The Balaban J connectivity index is 6.44. The molecule has 0 atom stereocenters. The fourth-order valence-electron chi connectivity index (χ4n) is 1.09. The van der Waals surface area contributed by atoms with Gasteiger partial charge in [0.2, 0.25) is 0 Å². The van der Waals surface area contributed by atoms with E-state index in [0.717, 1.165) is 0 Å². The molecule has 0 saturated carbocycles. The van der Waals surface area contributed by atoms with Gasteiger partial charge >= 0.3 is 41.9 Å². The molecule has 0 N–H and O–H groups in total. The van der Waals surface area contributed by atoms with Crippen LogP contribution in [0.15, 0.2) is 0 Å². The van der Waals surface area contributed by atoms with Crippen molar-refractivity contribution in [1.82, 2.24) is 0 Å². The SMILES string of the molecule is O=COC(F)(F)C(F)(F)C(F)(F)C(F)(F)C(F)(F)C(F)(F)C(F)(F)F. The monoisotopic (exact) mass is 414 g/mol. The molecule has 150 valence electrons. The molecule has 0 radical (unpaired) electrons. The molecule has 0 bridgehead atoms. The minimum Gasteiger partial charge on any atom is -0.398 e. The van der Waals surface area contributed by atoms with Crippen LogP contribution in [0.3, 0.4) is 0 Å². The number of rotatable bonds is 7. The van der Waals surface area contributed by atoms with Gasteiger partial charge in [-0.05, 0) is 0 Å². The van der Waals surface area contributed by atoms with Gasteiger partial charge in [0.05, 0.1) is 0 Å². The quantitative estimate of drug-likeness (QED) is 0.454. The molecule has 0 saturated heterocycles. The first-order valence-electron chi connectivity index (χ1n) is 5.01. The van der Waals surface area contributed by atoms with Crippen molar-refractivity contribution in [3.05, 3.63) is 0 Å². The highest BCUT2D eigenvalue weighted by Gasteiger charge is 2.94. The molecule has 0 spiro atoms. The lowest BCUT2D eigenvalue weighted by Gasteiger charge is -2.40. The maximum atomic E-state index is 12.9. The number of alkyl halides is 15. The van der Waals surface area contributed by atoms with Crippen molar-refractivity contribution in [2.24, 2.45) is 0 Å². The summed E-state index contributed by atoms with van der Waals surface area (Å²) in [5.41, 5.74) is 0. The molecule has 0 aromatic heterocycles. The highest BCUT2D eigenvalue weighted by atomic mass is 19.4. The van der Waals surface area contributed by atoms with Gasteiger partial charge in [-0.25, -0.2) is 0 Å². The zero-order chi connectivity index (χ0) is 20.9. The predicted molar refractivity (Wildman–Crippen MR) is 42.9 cm³/mol. The fraction of sp³-hybridized carbons (Fsp3) is 0.875. The summed E-state index contributed by atoms with van der Waals surface area (Å²) in [6, 6.07) is 0. The molecule has 17 heteroatoms. The number of carbonyl (C=O) groups is 1. The number of hydrogen-bond acceptors (Lipinski definition) is 2. The molecule has 0 aliphatic carbocycles. The van der Waals surface area contributed by atoms with E-state index < -0.39 is 48.4 Å². The summed E-state index contributed by atoms with van der Waals surface area (Å²) in [5.74, 6) is -40.8. The average molecular weight is 414 g/mol. The minimum atomic E-state index is -8.39. The third-order valence-electron chi connectivity index (χ3n) is 2.50. The van der Waals surface area contributed by atoms with Crippen molar-refractivity contribution in [2.45, 2.75) is 41.9 Å². The van der Waals surface area contributed by atoms with Crippen LogP contribution in [0.25, 0.3) is 0 Å². The summed E-state index contributed by atoms with van der Waals surface area (Å²) in [6.07, 6.45) is -14.6. The molecule has 0 aromatic rings. The van der Waals surface area contributed by atoms with E-state index in [4.69, 9.17) is 0 Å². The summed E-state index contributed by atoms with van der Waals surface area (Å²) in [5, 5.41) is 0. The fourth-order valence-corrected chi connectivity index (χ4v) is 1.09. The van der Waals surface area contributed by atoms with Gasteiger partial charge in [-0.3, -0.25) is 4.79 Å². The number of carbonyl (C=O) groups excluding carboxylic acids is 1. The van der Waals surface area contributed by atoms with Crippen LogP contribution in [0.4, 0.5) is 65.9 Å². The summed E-state index contributed by atoms with van der Waals surface area (Å²) in [7, 11) is 0. The lowest BCUT2D eigenvalue weighted by atomic mass is 9.93. The van der Waals surface area contributed by atoms with Crippen LogP contribution in [-0.4, -0.2) is 48.4 Å². The van der Waals surface area contributed by atoms with Gasteiger partial charge in [-0.2, -0.15) is 65.9 Å². The van der Waals surface area contributed by atoms with E-state index in [2.05, 4.69) is 0 Å². The van der Waals surface area contributed by atoms with Crippen molar-refractivity contribution >= 4 is 6.47 Å². The van der Waals surface area contributed by atoms with Crippen LogP contribution in [-0.2, 0) is 9.53 Å². The van der Waals surface area contributed by atoms with Crippen LogP contribution < -0.4 is 0 Å². The predicted octanol–water partition coefficient (Wildman–Crippen LogP) is 4.49. The molecule has 25 heavy (non-hydrogen) atoms. The summed E-state index contributed by atoms with van der Waals surface area (Å²) in [6.45, 7) is -1.73. The van der Waals surface area contributed by atoms with E-state index in [9.17, 15) is 70.7 Å². The normalized spacial score (nSPS) is 16.0. The van der Waals surface area contributed by atoms with Crippen molar-refractivity contribution in [1.29, 1.82) is 0 Å². The molecule has 2 nitrogen and oxygen atoms in total. The van der Waals surface area contributed by atoms with Crippen LogP contribution in [0, 0.1) is 0 Å². The van der Waals surface area contributed by atoms with E-state index in [0.29, 0.717) is 0 Å². The zero-order valence-corrected chi connectivity index (χ0v) is 10.6. The second-order valence-corrected chi connectivity index (χ2v) is 4.10. The molecule has 0 heterocycles. The first-order chi connectivity index (χ1) is 10.6. The molecule has 0 fully saturated rings. The largest absolute Gasteiger partial charge is 0.473 e. The number of hydrogen-bond donors (Lipinski definition) is 0. The van der Waals surface area contributed by atoms with E-state index in [1.165, 1.54) is 0 Å². The van der Waals surface area contributed by atoms with Gasteiger partial charge in [0.15, 0.2) is 0 Å². The topological polar surface area (TPSA) is 26.3 Å². The van der Waals surface area contributed by atoms with Crippen LogP contribution >= 0.6 is 0 Å². The van der Waals surface area contributed by atoms with Crippen molar-refractivity contribution in [3.8, 4) is 0 Å². The first-order valence-corrected chi connectivity index (χ1v) is 5.01. The summed E-state index contributed by atoms with van der Waals surface area (Å²) >= 11 is 0. The van der Waals surface area contributed by atoms with Gasteiger partial charge in [0, 0.05) is 0 Å². The molecule has 0 rings (SSSR count). The number of ether oxygens (including phenoxy) is 1. The van der Waals surface area contributed by atoms with Gasteiger partial charge < -0.3 is 4.74 Å². The Labute approximate surface area is 125 Å². The molecule has 0 aliphatic heterocycles. The maximum Gasteiger partial charge on any atom is 0.473 e. The summed E-state index contributed by atoms with van der Waals surface area (Å²) < 4.78 is 189. The Bertz CT molecular complexity index is 504. The Hall–Kier alpha value is -1.58. The highest BCUT2D eigenvalue weighted by molar-refractivity contribution is 5.38. The Morgan fingerprint density at radius 1 is 0.480 bits per heavy atom. The van der Waals surface area contributed by atoms with Gasteiger partial charge in [-0.1, -0.05) is 0 Å². The third-order valence-corrected chi connectivity index (χ3v) is 2.50. The lowest BCUT2D eigenvalue weighted by Crippen LogP contribution is -2.72. The molecule has 0 aromatic carbocycles. The van der Waals surface area contributed by atoms with Crippen LogP contribution in [0.5, 0.6) is 0 Å². The average Bonchev–Trinajstić information content (AvgIpc) is 2.35. The zero-order valence-electron chi connectivity index (χ0n) is 10.6. The molecular weight excluding hydrogens is 413 g/mol. The maximum absolute atomic E-state index is 12.9. The van der Waals surface area contributed by atoms with E-state index >= 15 is 0 Å². The smallest absolute Gasteiger partial charge is 0.398 e. The van der Waals surface area contributed by atoms with Crippen LogP contribution in [0.2, 0.25) is 0 Å². The molecule has 0 aliphatic rings. The van der Waals surface area contributed by atoms with Crippen molar-refractivity contribution in [2.75, 3.05) is 0 Å². The van der Waals surface area contributed by atoms with Crippen LogP contribution in [0.1, 0.15) is 0 Å².